The largest absolute Gasteiger partial charge is 0.259 e. The maximum Gasteiger partial charge on any atom is 0.107 e. The van der Waals surface area contributed by atoms with Crippen LogP contribution in [0, 0.1) is 6.92 Å². The van der Waals surface area contributed by atoms with E-state index in [0.29, 0.717) is 4.95 Å². The number of aromatic nitrogens is 2. The molecule has 0 radical (unpaired) electrons. The van der Waals surface area contributed by atoms with Crippen LogP contribution in [0.25, 0.3) is 0 Å². The van der Waals surface area contributed by atoms with Gasteiger partial charge >= 0.3 is 0 Å². The van der Waals surface area contributed by atoms with Crippen LogP contribution in [-0.2, 0) is 0 Å². The average Bonchev–Trinajstić information content (AvgIpc) is 2.52. The van der Waals surface area contributed by atoms with Crippen LogP contribution >= 0.6 is 27.5 Å². The standard InChI is InChI=1S/C9H14BrClN2/c1-8-5-7-13(12-8)9(10)4-2-3-6-11/h5,7,9H,2-4,6H2,1H3. The van der Waals surface area contributed by atoms with Crippen molar-refractivity contribution in [3.63, 3.8) is 0 Å². The smallest absolute Gasteiger partial charge is 0.107 e. The second kappa shape index (κ2) is 5.66. The van der Waals surface area contributed by atoms with Crippen molar-refractivity contribution >= 4 is 27.5 Å². The molecule has 1 rings (SSSR count). The molecule has 0 saturated carbocycles. The Kier molecular flexibility index (Phi) is 4.81. The van der Waals surface area contributed by atoms with Gasteiger partial charge in [0.25, 0.3) is 0 Å². The van der Waals surface area contributed by atoms with Gasteiger partial charge < -0.3 is 0 Å². The molecule has 0 bridgehead atoms. The molecular formula is C9H14BrClN2. The molecule has 1 heterocycles. The summed E-state index contributed by atoms with van der Waals surface area (Å²) in [6.07, 6.45) is 5.28. The van der Waals surface area contributed by atoms with E-state index in [1.54, 1.807) is 0 Å². The van der Waals surface area contributed by atoms with Gasteiger partial charge in [-0.1, -0.05) is 15.9 Å². The van der Waals surface area contributed by atoms with Gasteiger partial charge in [-0.25, -0.2) is 0 Å². The molecule has 1 aromatic heterocycles. The average molecular weight is 266 g/mol. The first-order chi connectivity index (χ1) is 6.24. The summed E-state index contributed by atoms with van der Waals surface area (Å²) in [6.45, 7) is 2.00. The van der Waals surface area contributed by atoms with Gasteiger partial charge in [0.05, 0.1) is 5.69 Å². The number of unbranched alkanes of at least 4 members (excludes halogenated alkanes) is 1. The van der Waals surface area contributed by atoms with Gasteiger partial charge in [0.15, 0.2) is 0 Å². The summed E-state index contributed by atoms with van der Waals surface area (Å²) in [5.74, 6) is 0.748. The molecule has 2 nitrogen and oxygen atoms in total. The van der Waals surface area contributed by atoms with Crippen molar-refractivity contribution in [3.05, 3.63) is 18.0 Å². The van der Waals surface area contributed by atoms with E-state index in [4.69, 9.17) is 11.6 Å². The predicted octanol–water partition coefficient (Wildman–Crippen LogP) is 3.49. The third-order valence-corrected chi connectivity index (χ3v) is 3.00. The second-order valence-electron chi connectivity index (χ2n) is 3.06. The van der Waals surface area contributed by atoms with Gasteiger partial charge in [0.2, 0.25) is 0 Å². The summed E-state index contributed by atoms with van der Waals surface area (Å²) < 4.78 is 1.95. The van der Waals surface area contributed by atoms with Crippen molar-refractivity contribution in [2.75, 3.05) is 5.88 Å². The van der Waals surface area contributed by atoms with E-state index in [2.05, 4.69) is 21.0 Å². The zero-order valence-electron chi connectivity index (χ0n) is 7.71. The Bertz CT molecular complexity index is 250. The minimum Gasteiger partial charge on any atom is -0.259 e. The van der Waals surface area contributed by atoms with Crippen LogP contribution in [0.1, 0.15) is 29.9 Å². The van der Waals surface area contributed by atoms with E-state index in [9.17, 15) is 0 Å². The lowest BCUT2D eigenvalue weighted by Gasteiger charge is -2.09. The third-order valence-electron chi connectivity index (χ3n) is 1.85. The lowest BCUT2D eigenvalue weighted by molar-refractivity contribution is 0.545. The first-order valence-electron chi connectivity index (χ1n) is 4.46. The van der Waals surface area contributed by atoms with Crippen LogP contribution < -0.4 is 0 Å². The number of halogens is 2. The van der Waals surface area contributed by atoms with Crippen LogP contribution in [0.3, 0.4) is 0 Å². The Hall–Kier alpha value is -0.0200. The van der Waals surface area contributed by atoms with Gasteiger partial charge in [-0.2, -0.15) is 5.10 Å². The Morgan fingerprint density at radius 1 is 1.62 bits per heavy atom. The van der Waals surface area contributed by atoms with Crippen LogP contribution in [0.4, 0.5) is 0 Å². The van der Waals surface area contributed by atoms with Gasteiger partial charge in [0, 0.05) is 12.1 Å². The van der Waals surface area contributed by atoms with E-state index in [0.717, 1.165) is 30.8 Å². The van der Waals surface area contributed by atoms with Crippen molar-refractivity contribution in [1.82, 2.24) is 9.78 Å². The number of hydrogen-bond acceptors (Lipinski definition) is 1. The molecular weight excluding hydrogens is 251 g/mol. The fourth-order valence-electron chi connectivity index (χ4n) is 1.13. The van der Waals surface area contributed by atoms with E-state index in [-0.39, 0.29) is 0 Å². The van der Waals surface area contributed by atoms with Crippen molar-refractivity contribution < 1.29 is 0 Å². The van der Waals surface area contributed by atoms with Crippen LogP contribution in [0.5, 0.6) is 0 Å². The normalized spacial score (nSPS) is 13.2. The second-order valence-corrected chi connectivity index (χ2v) is 4.49. The molecule has 1 unspecified atom stereocenters. The summed E-state index contributed by atoms with van der Waals surface area (Å²) in [6, 6.07) is 2.01. The minimum atomic E-state index is 0.310. The fraction of sp³-hybridized carbons (Fsp3) is 0.667. The number of hydrogen-bond donors (Lipinski definition) is 0. The molecule has 0 saturated heterocycles. The SMILES string of the molecule is Cc1ccn(C(Br)CCCCCl)n1. The van der Waals surface area contributed by atoms with E-state index < -0.39 is 0 Å². The summed E-state index contributed by atoms with van der Waals surface area (Å²) >= 11 is 9.18. The lowest BCUT2D eigenvalue weighted by Crippen LogP contribution is -2.02. The Labute approximate surface area is 92.4 Å². The summed E-state index contributed by atoms with van der Waals surface area (Å²) in [5.41, 5.74) is 1.06. The molecule has 0 aliphatic rings. The molecule has 4 heteroatoms. The van der Waals surface area contributed by atoms with Crippen LogP contribution in [0.2, 0.25) is 0 Å². The van der Waals surface area contributed by atoms with Crippen molar-refractivity contribution in [2.45, 2.75) is 31.1 Å². The molecule has 0 aromatic carbocycles. The predicted molar refractivity (Wildman–Crippen MR) is 59.5 cm³/mol. The van der Waals surface area contributed by atoms with E-state index in [1.807, 2.05) is 23.9 Å². The number of rotatable bonds is 5. The first kappa shape index (κ1) is 11.1. The molecule has 0 aliphatic carbocycles. The van der Waals surface area contributed by atoms with Gasteiger partial charge in [-0.3, -0.25) is 4.68 Å². The molecule has 0 spiro atoms. The maximum absolute atomic E-state index is 5.60. The summed E-state index contributed by atoms with van der Waals surface area (Å²) in [7, 11) is 0. The monoisotopic (exact) mass is 264 g/mol. The van der Waals surface area contributed by atoms with Crippen LogP contribution in [0.15, 0.2) is 12.3 Å². The highest BCUT2D eigenvalue weighted by atomic mass is 79.9. The van der Waals surface area contributed by atoms with E-state index in [1.165, 1.54) is 0 Å². The molecule has 1 aromatic rings. The van der Waals surface area contributed by atoms with Gasteiger partial charge in [-0.05, 0) is 32.3 Å². The van der Waals surface area contributed by atoms with Crippen molar-refractivity contribution in [1.29, 1.82) is 0 Å². The number of aryl methyl sites for hydroxylation is 1. The van der Waals surface area contributed by atoms with Gasteiger partial charge in [0.1, 0.15) is 4.95 Å². The fourth-order valence-corrected chi connectivity index (χ4v) is 1.87. The Morgan fingerprint density at radius 3 is 2.92 bits per heavy atom. The zero-order chi connectivity index (χ0) is 9.68. The van der Waals surface area contributed by atoms with Crippen LogP contribution in [-0.4, -0.2) is 15.7 Å². The molecule has 0 fully saturated rings. The molecule has 0 aliphatic heterocycles. The summed E-state index contributed by atoms with van der Waals surface area (Å²) in [5, 5.41) is 4.33. The molecule has 1 atom stereocenters. The Morgan fingerprint density at radius 2 is 2.38 bits per heavy atom. The number of nitrogens with zero attached hydrogens (tertiary/aromatic N) is 2. The zero-order valence-corrected chi connectivity index (χ0v) is 10.1. The highest BCUT2D eigenvalue weighted by molar-refractivity contribution is 9.09. The Balaban J connectivity index is 2.35. The maximum atomic E-state index is 5.60. The van der Waals surface area contributed by atoms with Crippen molar-refractivity contribution in [2.24, 2.45) is 0 Å². The first-order valence-corrected chi connectivity index (χ1v) is 5.91. The molecule has 0 amide bonds. The quantitative estimate of drug-likeness (QED) is 0.588. The molecule has 74 valence electrons. The lowest BCUT2D eigenvalue weighted by atomic mass is 10.2. The van der Waals surface area contributed by atoms with E-state index >= 15 is 0 Å². The molecule has 13 heavy (non-hydrogen) atoms. The molecule has 0 N–H and O–H groups in total. The van der Waals surface area contributed by atoms with Crippen molar-refractivity contribution in [3.8, 4) is 0 Å². The third kappa shape index (κ3) is 3.69. The summed E-state index contributed by atoms with van der Waals surface area (Å²) in [4.78, 5) is 0.310. The highest BCUT2D eigenvalue weighted by Crippen LogP contribution is 2.21. The van der Waals surface area contributed by atoms with Gasteiger partial charge in [-0.15, -0.1) is 11.6 Å². The minimum absolute atomic E-state index is 0.310. The highest BCUT2D eigenvalue weighted by Gasteiger charge is 2.06. The topological polar surface area (TPSA) is 17.8 Å². The number of alkyl halides is 2.